The number of aromatic nitrogens is 4. The molecular formula is C18H18N6O. The molecule has 3 aromatic rings. The first-order valence-corrected chi connectivity index (χ1v) is 8.24. The molecule has 1 aliphatic heterocycles. The summed E-state index contributed by atoms with van der Waals surface area (Å²) < 4.78 is 1.57. The number of urea groups is 1. The van der Waals surface area contributed by atoms with Crippen molar-refractivity contribution in [3.8, 4) is 5.69 Å². The molecule has 1 saturated heterocycles. The molecule has 1 aromatic heterocycles. The molecule has 4 rings (SSSR count). The van der Waals surface area contributed by atoms with E-state index in [4.69, 9.17) is 0 Å². The molecule has 7 nitrogen and oxygen atoms in total. The third-order valence-corrected chi connectivity index (χ3v) is 4.45. The Morgan fingerprint density at radius 3 is 2.56 bits per heavy atom. The molecule has 1 N–H and O–H groups in total. The van der Waals surface area contributed by atoms with Crippen molar-refractivity contribution in [3.63, 3.8) is 0 Å². The number of likely N-dealkylation sites (tertiary alicyclic amines) is 1. The van der Waals surface area contributed by atoms with Crippen LogP contribution < -0.4 is 5.32 Å². The van der Waals surface area contributed by atoms with Crippen LogP contribution in [0.2, 0.25) is 0 Å². The lowest BCUT2D eigenvalue weighted by molar-refractivity contribution is 0.125. The summed E-state index contributed by atoms with van der Waals surface area (Å²) in [4.78, 5) is 14.4. The van der Waals surface area contributed by atoms with Crippen LogP contribution in [0.25, 0.3) is 5.69 Å². The van der Waals surface area contributed by atoms with Crippen LogP contribution in [-0.2, 0) is 6.42 Å². The number of hydrogen-bond donors (Lipinski definition) is 1. The molecule has 1 atom stereocenters. The molecule has 0 saturated carbocycles. The van der Waals surface area contributed by atoms with Crippen molar-refractivity contribution >= 4 is 11.7 Å². The molecule has 2 heterocycles. The Hall–Kier alpha value is -3.22. The normalized spacial score (nSPS) is 16.3. The second-order valence-corrected chi connectivity index (χ2v) is 6.06. The van der Waals surface area contributed by atoms with Crippen molar-refractivity contribution in [2.24, 2.45) is 0 Å². The van der Waals surface area contributed by atoms with E-state index in [0.29, 0.717) is 0 Å². The second-order valence-electron chi connectivity index (χ2n) is 6.06. The predicted octanol–water partition coefficient (Wildman–Crippen LogP) is 2.51. The van der Waals surface area contributed by atoms with Crippen molar-refractivity contribution in [2.75, 3.05) is 11.9 Å². The van der Waals surface area contributed by atoms with Crippen molar-refractivity contribution in [1.82, 2.24) is 25.1 Å². The van der Waals surface area contributed by atoms with Gasteiger partial charge in [0.05, 0.1) is 5.69 Å². The molecular weight excluding hydrogens is 316 g/mol. The number of anilines is 1. The summed E-state index contributed by atoms with van der Waals surface area (Å²) in [7, 11) is 0. The minimum atomic E-state index is -0.0534. The molecule has 2 amide bonds. The van der Waals surface area contributed by atoms with Gasteiger partial charge in [0.25, 0.3) is 0 Å². The van der Waals surface area contributed by atoms with Gasteiger partial charge in [0.15, 0.2) is 0 Å². The van der Waals surface area contributed by atoms with E-state index in [1.54, 1.807) is 4.68 Å². The topological polar surface area (TPSA) is 75.9 Å². The Bertz CT molecular complexity index is 832. The van der Waals surface area contributed by atoms with Gasteiger partial charge in [0.1, 0.15) is 6.33 Å². The lowest BCUT2D eigenvalue weighted by Crippen LogP contribution is -2.53. The van der Waals surface area contributed by atoms with E-state index in [1.807, 2.05) is 47.4 Å². The van der Waals surface area contributed by atoms with Crippen LogP contribution in [0.4, 0.5) is 10.5 Å². The van der Waals surface area contributed by atoms with Crippen LogP contribution in [0.1, 0.15) is 12.0 Å². The highest BCUT2D eigenvalue weighted by Gasteiger charge is 2.32. The molecule has 0 unspecified atom stereocenters. The molecule has 0 aliphatic carbocycles. The SMILES string of the molecule is O=C(Nc1ccc(-n2cnnn2)cc1)N1CC[C@@H]1Cc1ccccc1. The Balaban J connectivity index is 1.37. The summed E-state index contributed by atoms with van der Waals surface area (Å²) in [6.45, 7) is 0.798. The van der Waals surface area contributed by atoms with Crippen molar-refractivity contribution in [2.45, 2.75) is 18.9 Å². The van der Waals surface area contributed by atoms with Gasteiger partial charge >= 0.3 is 6.03 Å². The summed E-state index contributed by atoms with van der Waals surface area (Å²) in [5.41, 5.74) is 2.86. The second kappa shape index (κ2) is 6.72. The van der Waals surface area contributed by atoms with Crippen LogP contribution in [0.15, 0.2) is 60.9 Å². The average molecular weight is 334 g/mol. The maximum Gasteiger partial charge on any atom is 0.322 e. The monoisotopic (exact) mass is 334 g/mol. The Morgan fingerprint density at radius 2 is 1.92 bits per heavy atom. The van der Waals surface area contributed by atoms with Crippen LogP contribution in [0, 0.1) is 0 Å². The first-order valence-electron chi connectivity index (χ1n) is 8.24. The molecule has 0 bridgehead atoms. The Morgan fingerprint density at radius 1 is 1.12 bits per heavy atom. The van der Waals surface area contributed by atoms with Crippen molar-refractivity contribution in [1.29, 1.82) is 0 Å². The molecule has 1 fully saturated rings. The Kier molecular flexibility index (Phi) is 4.12. The number of nitrogens with one attached hydrogen (secondary N) is 1. The van der Waals surface area contributed by atoms with Gasteiger partial charge in [0, 0.05) is 18.3 Å². The molecule has 25 heavy (non-hydrogen) atoms. The summed E-state index contributed by atoms with van der Waals surface area (Å²) in [5, 5.41) is 14.0. The van der Waals surface area contributed by atoms with Crippen LogP contribution in [0.5, 0.6) is 0 Å². The summed E-state index contributed by atoms with van der Waals surface area (Å²) in [5.74, 6) is 0. The third-order valence-electron chi connectivity index (χ3n) is 4.45. The zero-order valence-electron chi connectivity index (χ0n) is 13.6. The number of carbonyl (C=O) groups is 1. The Labute approximate surface area is 145 Å². The van der Waals surface area contributed by atoms with E-state index < -0.39 is 0 Å². The highest BCUT2D eigenvalue weighted by Crippen LogP contribution is 2.23. The van der Waals surface area contributed by atoms with Crippen LogP contribution in [0.3, 0.4) is 0 Å². The van der Waals surface area contributed by atoms with E-state index in [-0.39, 0.29) is 12.1 Å². The van der Waals surface area contributed by atoms with Gasteiger partial charge in [-0.15, -0.1) is 5.10 Å². The first kappa shape index (κ1) is 15.3. The number of tetrazole rings is 1. The van der Waals surface area contributed by atoms with E-state index in [9.17, 15) is 4.79 Å². The summed E-state index contributed by atoms with van der Waals surface area (Å²) in [6, 6.07) is 17.9. The van der Waals surface area contributed by atoms with Gasteiger partial charge in [-0.3, -0.25) is 0 Å². The number of nitrogens with zero attached hydrogens (tertiary/aromatic N) is 5. The molecule has 126 valence electrons. The lowest BCUT2D eigenvalue weighted by Gasteiger charge is -2.41. The van der Waals surface area contributed by atoms with E-state index >= 15 is 0 Å². The smallest absolute Gasteiger partial charge is 0.321 e. The fraction of sp³-hybridized carbons (Fsp3) is 0.222. The molecule has 2 aromatic carbocycles. The van der Waals surface area contributed by atoms with Gasteiger partial charge in [-0.2, -0.15) is 0 Å². The highest BCUT2D eigenvalue weighted by atomic mass is 16.2. The maximum absolute atomic E-state index is 12.5. The summed E-state index contributed by atoms with van der Waals surface area (Å²) >= 11 is 0. The van der Waals surface area contributed by atoms with Gasteiger partial charge < -0.3 is 10.2 Å². The highest BCUT2D eigenvalue weighted by molar-refractivity contribution is 5.90. The number of benzene rings is 2. The van der Waals surface area contributed by atoms with Gasteiger partial charge in [0.2, 0.25) is 0 Å². The molecule has 0 spiro atoms. The number of amides is 2. The zero-order chi connectivity index (χ0) is 17.1. The van der Waals surface area contributed by atoms with E-state index in [0.717, 1.165) is 30.8 Å². The van der Waals surface area contributed by atoms with E-state index in [1.165, 1.54) is 11.9 Å². The lowest BCUT2D eigenvalue weighted by atomic mass is 9.96. The zero-order valence-corrected chi connectivity index (χ0v) is 13.6. The average Bonchev–Trinajstić information content (AvgIpc) is 3.15. The molecule has 7 heteroatoms. The van der Waals surface area contributed by atoms with Crippen LogP contribution >= 0.6 is 0 Å². The largest absolute Gasteiger partial charge is 0.322 e. The van der Waals surface area contributed by atoms with Gasteiger partial charge in [-0.05, 0) is 53.1 Å². The first-order chi connectivity index (χ1) is 12.3. The number of hydrogen-bond acceptors (Lipinski definition) is 4. The maximum atomic E-state index is 12.5. The number of rotatable bonds is 4. The minimum absolute atomic E-state index is 0.0534. The fourth-order valence-electron chi connectivity index (χ4n) is 2.98. The third kappa shape index (κ3) is 3.35. The van der Waals surface area contributed by atoms with Crippen molar-refractivity contribution < 1.29 is 4.79 Å². The summed E-state index contributed by atoms with van der Waals surface area (Å²) in [6.07, 6.45) is 3.47. The van der Waals surface area contributed by atoms with E-state index in [2.05, 4.69) is 33.0 Å². The molecule has 1 aliphatic rings. The minimum Gasteiger partial charge on any atom is -0.321 e. The number of carbonyl (C=O) groups excluding carboxylic acids is 1. The fourth-order valence-corrected chi connectivity index (χ4v) is 2.98. The van der Waals surface area contributed by atoms with Gasteiger partial charge in [-0.25, -0.2) is 9.48 Å². The predicted molar refractivity (Wildman–Crippen MR) is 93.4 cm³/mol. The standard InChI is InChI=1S/C18H18N6O/c25-18(23-11-10-17(23)12-14-4-2-1-3-5-14)20-15-6-8-16(9-7-15)24-13-19-21-22-24/h1-9,13,17H,10-12H2,(H,20,25)/t17-/m1/s1. The molecule has 0 radical (unpaired) electrons. The van der Waals surface area contributed by atoms with Crippen molar-refractivity contribution in [3.05, 3.63) is 66.5 Å². The quantitative estimate of drug-likeness (QED) is 0.795. The van der Waals surface area contributed by atoms with Gasteiger partial charge in [-0.1, -0.05) is 30.3 Å². The van der Waals surface area contributed by atoms with Crippen LogP contribution in [-0.4, -0.2) is 43.7 Å².